The van der Waals surface area contributed by atoms with Crippen molar-refractivity contribution in [2.24, 2.45) is 5.41 Å². The van der Waals surface area contributed by atoms with Gasteiger partial charge in [0.25, 0.3) is 0 Å². The van der Waals surface area contributed by atoms with Crippen molar-refractivity contribution in [1.82, 2.24) is 15.5 Å². The lowest BCUT2D eigenvalue weighted by Gasteiger charge is -2.30. The number of likely N-dealkylation sites (N-methyl/N-ethyl adjacent to an activating group) is 1. The van der Waals surface area contributed by atoms with Crippen LogP contribution in [0.5, 0.6) is 0 Å². The summed E-state index contributed by atoms with van der Waals surface area (Å²) in [6.07, 6.45) is 2.36. The van der Waals surface area contributed by atoms with Gasteiger partial charge in [-0.1, -0.05) is 32.9 Å². The molecule has 0 radical (unpaired) electrons. The molecule has 2 aromatic heterocycles. The van der Waals surface area contributed by atoms with Gasteiger partial charge in [-0.05, 0) is 24.9 Å². The second-order valence-electron chi connectivity index (χ2n) is 6.08. The Balaban J connectivity index is 2.15. The van der Waals surface area contributed by atoms with Crippen LogP contribution < -0.4 is 5.32 Å². The smallest absolute Gasteiger partial charge is 0.228 e. The molecule has 0 aliphatic rings. The lowest BCUT2D eigenvalue weighted by molar-refractivity contribution is 0.247. The van der Waals surface area contributed by atoms with Crippen molar-refractivity contribution in [2.45, 2.75) is 47.1 Å². The van der Waals surface area contributed by atoms with Gasteiger partial charge in [0, 0.05) is 12.5 Å². The van der Waals surface area contributed by atoms with Crippen LogP contribution in [0.15, 0.2) is 21.3 Å². The molecule has 2 rings (SSSR count). The average molecular weight is 277 g/mol. The maximum absolute atomic E-state index is 5.37. The van der Waals surface area contributed by atoms with Gasteiger partial charge in [-0.25, -0.2) is 0 Å². The molecule has 1 N–H and O–H groups in total. The van der Waals surface area contributed by atoms with Crippen molar-refractivity contribution in [3.8, 4) is 11.4 Å². The van der Waals surface area contributed by atoms with Gasteiger partial charge in [0.05, 0.1) is 11.8 Å². The van der Waals surface area contributed by atoms with Gasteiger partial charge in [-0.2, -0.15) is 4.98 Å². The van der Waals surface area contributed by atoms with Crippen LogP contribution in [0.25, 0.3) is 11.4 Å². The molecular formula is C15H23N3O2. The molecule has 0 saturated heterocycles. The molecule has 0 aliphatic heterocycles. The Hall–Kier alpha value is -1.62. The van der Waals surface area contributed by atoms with E-state index in [1.165, 1.54) is 0 Å². The van der Waals surface area contributed by atoms with E-state index in [9.17, 15) is 0 Å². The summed E-state index contributed by atoms with van der Waals surface area (Å²) in [6, 6.07) is 2.15. The van der Waals surface area contributed by atoms with Crippen LogP contribution in [0.2, 0.25) is 0 Å². The zero-order chi connectivity index (χ0) is 14.8. The minimum Gasteiger partial charge on any atom is -0.469 e. The van der Waals surface area contributed by atoms with E-state index in [4.69, 9.17) is 8.94 Å². The number of nitrogens with one attached hydrogen (secondary N) is 1. The van der Waals surface area contributed by atoms with Gasteiger partial charge in [0.15, 0.2) is 0 Å². The number of hydrogen-bond acceptors (Lipinski definition) is 5. The number of hydrogen-bond donors (Lipinski definition) is 1. The molecule has 2 aromatic rings. The SMILES string of the molecule is CCNC(Cc1nc(-c2ccoc2C)no1)C(C)(C)C. The summed E-state index contributed by atoms with van der Waals surface area (Å²) in [7, 11) is 0. The van der Waals surface area contributed by atoms with Gasteiger partial charge in [-0.15, -0.1) is 0 Å². The van der Waals surface area contributed by atoms with Crippen molar-refractivity contribution in [3.63, 3.8) is 0 Å². The first-order chi connectivity index (χ1) is 9.41. The van der Waals surface area contributed by atoms with E-state index in [1.54, 1.807) is 6.26 Å². The van der Waals surface area contributed by atoms with E-state index in [2.05, 4.69) is 43.2 Å². The van der Waals surface area contributed by atoms with E-state index >= 15 is 0 Å². The summed E-state index contributed by atoms with van der Waals surface area (Å²) in [5, 5.41) is 7.52. The van der Waals surface area contributed by atoms with Crippen LogP contribution in [-0.2, 0) is 6.42 Å². The molecule has 0 fully saturated rings. The summed E-state index contributed by atoms with van der Waals surface area (Å²) in [5.41, 5.74) is 1.02. The molecule has 0 saturated carbocycles. The fourth-order valence-electron chi connectivity index (χ4n) is 2.17. The summed E-state index contributed by atoms with van der Waals surface area (Å²) < 4.78 is 10.6. The third kappa shape index (κ3) is 3.28. The van der Waals surface area contributed by atoms with Gasteiger partial charge in [0.1, 0.15) is 5.76 Å². The molecular weight excluding hydrogens is 254 g/mol. The van der Waals surface area contributed by atoms with Crippen LogP contribution in [0.1, 0.15) is 39.3 Å². The fourth-order valence-corrected chi connectivity index (χ4v) is 2.17. The molecule has 1 atom stereocenters. The minimum absolute atomic E-state index is 0.135. The van der Waals surface area contributed by atoms with Gasteiger partial charge < -0.3 is 14.3 Å². The van der Waals surface area contributed by atoms with Crippen molar-refractivity contribution < 1.29 is 8.94 Å². The summed E-state index contributed by atoms with van der Waals surface area (Å²) in [5.74, 6) is 2.05. The highest BCUT2D eigenvalue weighted by atomic mass is 16.5. The van der Waals surface area contributed by atoms with Gasteiger partial charge >= 0.3 is 0 Å². The first kappa shape index (κ1) is 14.8. The Bertz CT molecular complexity index is 551. The second kappa shape index (κ2) is 5.79. The molecule has 0 spiro atoms. The Morgan fingerprint density at radius 3 is 2.65 bits per heavy atom. The van der Waals surface area contributed by atoms with E-state index < -0.39 is 0 Å². The molecule has 0 amide bonds. The normalized spacial score (nSPS) is 13.7. The first-order valence-corrected chi connectivity index (χ1v) is 7.02. The lowest BCUT2D eigenvalue weighted by atomic mass is 9.84. The maximum Gasteiger partial charge on any atom is 0.228 e. The number of aromatic nitrogens is 2. The Morgan fingerprint density at radius 2 is 2.10 bits per heavy atom. The lowest BCUT2D eigenvalue weighted by Crippen LogP contribution is -2.41. The quantitative estimate of drug-likeness (QED) is 0.909. The number of nitrogens with zero attached hydrogens (tertiary/aromatic N) is 2. The topological polar surface area (TPSA) is 64.1 Å². The zero-order valence-electron chi connectivity index (χ0n) is 12.9. The summed E-state index contributed by atoms with van der Waals surface area (Å²) in [6.45, 7) is 11.5. The molecule has 110 valence electrons. The van der Waals surface area contributed by atoms with Crippen LogP contribution in [0.4, 0.5) is 0 Å². The number of aryl methyl sites for hydroxylation is 1. The largest absolute Gasteiger partial charge is 0.469 e. The second-order valence-corrected chi connectivity index (χ2v) is 6.08. The highest BCUT2D eigenvalue weighted by molar-refractivity contribution is 5.56. The monoisotopic (exact) mass is 277 g/mol. The van der Waals surface area contributed by atoms with Crippen LogP contribution in [-0.4, -0.2) is 22.7 Å². The van der Waals surface area contributed by atoms with Crippen molar-refractivity contribution >= 4 is 0 Å². The van der Waals surface area contributed by atoms with Crippen molar-refractivity contribution in [1.29, 1.82) is 0 Å². The third-order valence-corrected chi connectivity index (χ3v) is 3.44. The molecule has 0 bridgehead atoms. The average Bonchev–Trinajstić information content (AvgIpc) is 2.96. The molecule has 2 heterocycles. The molecule has 0 aromatic carbocycles. The summed E-state index contributed by atoms with van der Waals surface area (Å²) >= 11 is 0. The number of furan rings is 1. The zero-order valence-corrected chi connectivity index (χ0v) is 12.9. The highest BCUT2D eigenvalue weighted by Crippen LogP contribution is 2.24. The van der Waals surface area contributed by atoms with Crippen LogP contribution >= 0.6 is 0 Å². The third-order valence-electron chi connectivity index (χ3n) is 3.44. The highest BCUT2D eigenvalue weighted by Gasteiger charge is 2.26. The molecule has 1 unspecified atom stereocenters. The van der Waals surface area contributed by atoms with Crippen molar-refractivity contribution in [2.75, 3.05) is 6.54 Å². The predicted octanol–water partition coefficient (Wildman–Crippen LogP) is 3.20. The van der Waals surface area contributed by atoms with Gasteiger partial charge in [-0.3, -0.25) is 0 Å². The minimum atomic E-state index is 0.135. The molecule has 0 aliphatic carbocycles. The maximum atomic E-state index is 5.37. The van der Waals surface area contributed by atoms with E-state index in [1.807, 2.05) is 13.0 Å². The summed E-state index contributed by atoms with van der Waals surface area (Å²) in [4.78, 5) is 4.47. The fraction of sp³-hybridized carbons (Fsp3) is 0.600. The number of rotatable bonds is 5. The van der Waals surface area contributed by atoms with E-state index in [-0.39, 0.29) is 5.41 Å². The first-order valence-electron chi connectivity index (χ1n) is 7.02. The van der Waals surface area contributed by atoms with E-state index in [0.29, 0.717) is 17.8 Å². The van der Waals surface area contributed by atoms with Crippen LogP contribution in [0.3, 0.4) is 0 Å². The van der Waals surface area contributed by atoms with Gasteiger partial charge in [0.2, 0.25) is 11.7 Å². The molecule has 5 nitrogen and oxygen atoms in total. The standard InChI is InChI=1S/C15H23N3O2/c1-6-16-12(15(3,4)5)9-13-17-14(18-20-13)11-7-8-19-10(11)2/h7-8,12,16H,6,9H2,1-5H3. The molecule has 20 heavy (non-hydrogen) atoms. The van der Waals surface area contributed by atoms with E-state index in [0.717, 1.165) is 24.3 Å². The van der Waals surface area contributed by atoms with Crippen LogP contribution in [0, 0.1) is 12.3 Å². The Morgan fingerprint density at radius 1 is 1.35 bits per heavy atom. The Kier molecular flexibility index (Phi) is 4.28. The predicted molar refractivity (Wildman–Crippen MR) is 77.4 cm³/mol. The van der Waals surface area contributed by atoms with Crippen molar-refractivity contribution in [3.05, 3.63) is 24.0 Å². The molecule has 5 heteroatoms. The Labute approximate surface area is 119 Å².